The molecule has 0 aliphatic carbocycles. The monoisotopic (exact) mass is 326 g/mol. The van der Waals surface area contributed by atoms with Crippen LogP contribution < -0.4 is 5.32 Å². The fourth-order valence-corrected chi connectivity index (χ4v) is 4.78. The van der Waals surface area contributed by atoms with Gasteiger partial charge in [-0.1, -0.05) is 12.1 Å². The van der Waals surface area contributed by atoms with E-state index in [1.165, 1.54) is 5.56 Å². The van der Waals surface area contributed by atoms with Gasteiger partial charge in [-0.2, -0.15) is 0 Å². The van der Waals surface area contributed by atoms with Crippen LogP contribution in [-0.4, -0.2) is 42.5 Å². The zero-order chi connectivity index (χ0) is 15.6. The number of rotatable bonds is 3. The zero-order valence-electron chi connectivity index (χ0n) is 12.7. The molecular weight excluding hydrogens is 304 g/mol. The molecule has 1 saturated heterocycles. The second-order valence-corrected chi connectivity index (χ2v) is 8.14. The second kappa shape index (κ2) is 6.32. The van der Waals surface area contributed by atoms with Crippen LogP contribution >= 0.6 is 12.2 Å². The number of nitrogens with one attached hydrogen (secondary N) is 1. The van der Waals surface area contributed by atoms with Gasteiger partial charge in [-0.25, -0.2) is 8.42 Å². The fourth-order valence-electron chi connectivity index (χ4n) is 2.66. The first-order valence-electron chi connectivity index (χ1n) is 7.18. The molecule has 21 heavy (non-hydrogen) atoms. The minimum absolute atomic E-state index is 0.00915. The number of aryl methyl sites for hydroxylation is 1. The molecule has 0 spiro atoms. The van der Waals surface area contributed by atoms with Gasteiger partial charge in [0.05, 0.1) is 11.5 Å². The molecule has 4 nitrogen and oxygen atoms in total. The van der Waals surface area contributed by atoms with E-state index < -0.39 is 9.84 Å². The molecule has 1 heterocycles. The van der Waals surface area contributed by atoms with Crippen LogP contribution in [0.2, 0.25) is 0 Å². The number of thiocarbonyl (C=S) groups is 1. The summed E-state index contributed by atoms with van der Waals surface area (Å²) in [5.74, 6) is 0.468. The maximum Gasteiger partial charge on any atom is 0.173 e. The molecule has 1 aromatic rings. The Bertz CT molecular complexity index is 641. The van der Waals surface area contributed by atoms with E-state index in [0.29, 0.717) is 18.1 Å². The highest BCUT2D eigenvalue weighted by atomic mass is 32.2. The van der Waals surface area contributed by atoms with Crippen molar-refractivity contribution in [2.24, 2.45) is 0 Å². The fraction of sp³-hybridized carbons (Fsp3) is 0.533. The third-order valence-corrected chi connectivity index (χ3v) is 6.18. The molecule has 1 N–H and O–H groups in total. The smallest absolute Gasteiger partial charge is 0.173 e. The van der Waals surface area contributed by atoms with Crippen LogP contribution in [0.25, 0.3) is 0 Å². The van der Waals surface area contributed by atoms with Crippen molar-refractivity contribution < 1.29 is 8.42 Å². The van der Waals surface area contributed by atoms with E-state index in [1.54, 1.807) is 0 Å². The van der Waals surface area contributed by atoms with Gasteiger partial charge in [0.25, 0.3) is 0 Å². The zero-order valence-corrected chi connectivity index (χ0v) is 14.4. The molecule has 0 amide bonds. The number of sulfone groups is 1. The Morgan fingerprint density at radius 1 is 1.43 bits per heavy atom. The summed E-state index contributed by atoms with van der Waals surface area (Å²) in [5.41, 5.74) is 3.35. The van der Waals surface area contributed by atoms with E-state index in [0.717, 1.165) is 11.3 Å². The molecule has 0 bridgehead atoms. The largest absolute Gasteiger partial charge is 0.345 e. The molecule has 1 aromatic carbocycles. The Morgan fingerprint density at radius 2 is 2.14 bits per heavy atom. The van der Waals surface area contributed by atoms with Gasteiger partial charge in [0.2, 0.25) is 0 Å². The summed E-state index contributed by atoms with van der Waals surface area (Å²) < 4.78 is 23.3. The van der Waals surface area contributed by atoms with Crippen molar-refractivity contribution in [2.45, 2.75) is 33.2 Å². The van der Waals surface area contributed by atoms with E-state index >= 15 is 0 Å². The van der Waals surface area contributed by atoms with Gasteiger partial charge in [-0.05, 0) is 56.6 Å². The molecule has 6 heteroatoms. The van der Waals surface area contributed by atoms with Crippen LogP contribution in [-0.2, 0) is 9.84 Å². The Morgan fingerprint density at radius 3 is 2.71 bits per heavy atom. The summed E-state index contributed by atoms with van der Waals surface area (Å²) in [4.78, 5) is 1.99. The molecule has 2 rings (SSSR count). The lowest BCUT2D eigenvalue weighted by Gasteiger charge is -2.30. The first-order valence-corrected chi connectivity index (χ1v) is 9.41. The number of anilines is 1. The minimum Gasteiger partial charge on any atom is -0.345 e. The first-order chi connectivity index (χ1) is 9.84. The van der Waals surface area contributed by atoms with Crippen molar-refractivity contribution in [2.75, 3.05) is 23.4 Å². The molecule has 116 valence electrons. The van der Waals surface area contributed by atoms with Crippen molar-refractivity contribution in [3.8, 4) is 0 Å². The third kappa shape index (κ3) is 3.74. The van der Waals surface area contributed by atoms with Crippen molar-refractivity contribution in [3.63, 3.8) is 0 Å². The lowest BCUT2D eigenvalue weighted by Crippen LogP contribution is -2.43. The topological polar surface area (TPSA) is 49.4 Å². The predicted octanol–water partition coefficient (Wildman–Crippen LogP) is 2.51. The van der Waals surface area contributed by atoms with Gasteiger partial charge in [0.15, 0.2) is 14.9 Å². The van der Waals surface area contributed by atoms with Gasteiger partial charge in [-0.3, -0.25) is 0 Å². The van der Waals surface area contributed by atoms with Gasteiger partial charge < -0.3 is 10.2 Å². The number of benzene rings is 1. The summed E-state index contributed by atoms with van der Waals surface area (Å²) in [7, 11) is -2.90. The number of hydrogen-bond acceptors (Lipinski definition) is 3. The highest BCUT2D eigenvalue weighted by Crippen LogP contribution is 2.21. The van der Waals surface area contributed by atoms with E-state index in [4.69, 9.17) is 12.2 Å². The van der Waals surface area contributed by atoms with Gasteiger partial charge in [0, 0.05) is 18.3 Å². The van der Waals surface area contributed by atoms with Gasteiger partial charge in [0.1, 0.15) is 0 Å². The van der Waals surface area contributed by atoms with Crippen molar-refractivity contribution in [3.05, 3.63) is 29.3 Å². The van der Waals surface area contributed by atoms with Crippen LogP contribution in [0.15, 0.2) is 18.2 Å². The van der Waals surface area contributed by atoms with Crippen LogP contribution in [0.3, 0.4) is 0 Å². The van der Waals surface area contributed by atoms with Crippen LogP contribution in [0.1, 0.15) is 24.5 Å². The van der Waals surface area contributed by atoms with Crippen molar-refractivity contribution in [1.29, 1.82) is 0 Å². The van der Waals surface area contributed by atoms with E-state index in [9.17, 15) is 8.42 Å². The summed E-state index contributed by atoms with van der Waals surface area (Å²) in [6.07, 6.45) is 0.658. The Balaban J connectivity index is 2.12. The van der Waals surface area contributed by atoms with E-state index in [-0.39, 0.29) is 17.5 Å². The molecular formula is C15H22N2O2S2. The van der Waals surface area contributed by atoms with Gasteiger partial charge in [-0.15, -0.1) is 0 Å². The normalized spacial score (nSPS) is 20.2. The van der Waals surface area contributed by atoms with Crippen molar-refractivity contribution >= 4 is 32.9 Å². The first kappa shape index (κ1) is 16.2. The third-order valence-electron chi connectivity index (χ3n) is 4.10. The Hall–Kier alpha value is -1.14. The molecule has 0 aromatic heterocycles. The molecule has 0 radical (unpaired) electrons. The lowest BCUT2D eigenvalue weighted by atomic mass is 10.1. The summed E-state index contributed by atoms with van der Waals surface area (Å²) >= 11 is 5.49. The standard InChI is InChI=1S/C15H22N2O2S2/c1-4-17(13-8-9-21(18,19)10-13)15(20)16-14-7-5-6-11(2)12(14)3/h5-7,13H,4,8-10H2,1-3H3,(H,16,20)/t13-/m0/s1. The summed E-state index contributed by atoms with van der Waals surface area (Å²) in [5, 5.41) is 3.87. The van der Waals surface area contributed by atoms with Crippen LogP contribution in [0.5, 0.6) is 0 Å². The molecule has 1 atom stereocenters. The molecule has 0 saturated carbocycles. The summed E-state index contributed by atoms with van der Waals surface area (Å²) in [6.45, 7) is 6.82. The molecule has 0 unspecified atom stereocenters. The SMILES string of the molecule is CCN(C(=S)Nc1cccc(C)c1C)[C@H]1CCS(=O)(=O)C1. The highest BCUT2D eigenvalue weighted by Gasteiger charge is 2.32. The average Bonchev–Trinajstić information content (AvgIpc) is 2.76. The van der Waals surface area contributed by atoms with E-state index in [2.05, 4.69) is 25.2 Å². The maximum atomic E-state index is 11.7. The van der Waals surface area contributed by atoms with E-state index in [1.807, 2.05) is 24.0 Å². The Kier molecular flexibility index (Phi) is 4.88. The lowest BCUT2D eigenvalue weighted by molar-refractivity contribution is 0.355. The molecule has 1 aliphatic heterocycles. The number of nitrogens with zero attached hydrogens (tertiary/aromatic N) is 1. The molecule has 1 fully saturated rings. The number of hydrogen-bond donors (Lipinski definition) is 1. The summed E-state index contributed by atoms with van der Waals surface area (Å²) in [6, 6.07) is 6.03. The minimum atomic E-state index is -2.90. The predicted molar refractivity (Wildman–Crippen MR) is 91.6 cm³/mol. The van der Waals surface area contributed by atoms with Crippen LogP contribution in [0.4, 0.5) is 5.69 Å². The van der Waals surface area contributed by atoms with Crippen molar-refractivity contribution in [1.82, 2.24) is 4.90 Å². The Labute approximate surface area is 132 Å². The second-order valence-electron chi connectivity index (χ2n) is 5.52. The average molecular weight is 326 g/mol. The molecule has 1 aliphatic rings. The highest BCUT2D eigenvalue weighted by molar-refractivity contribution is 7.91. The maximum absolute atomic E-state index is 11.7. The van der Waals surface area contributed by atoms with Gasteiger partial charge >= 0.3 is 0 Å². The van der Waals surface area contributed by atoms with Crippen LogP contribution in [0, 0.1) is 13.8 Å². The quantitative estimate of drug-likeness (QED) is 0.865.